The van der Waals surface area contributed by atoms with E-state index < -0.39 is 0 Å². The van der Waals surface area contributed by atoms with Crippen molar-refractivity contribution in [3.8, 4) is 0 Å². The Morgan fingerprint density at radius 2 is 2.39 bits per heavy atom. The number of carbonyl (C=O) groups is 1. The van der Waals surface area contributed by atoms with Crippen molar-refractivity contribution in [3.05, 3.63) is 35.6 Å². The summed E-state index contributed by atoms with van der Waals surface area (Å²) in [6.07, 6.45) is 0.715. The molecule has 1 aliphatic rings. The summed E-state index contributed by atoms with van der Waals surface area (Å²) in [6.45, 7) is 0. The highest BCUT2D eigenvalue weighted by Gasteiger charge is 2.44. The Hall–Kier alpha value is -2.31. The fraction of sp³-hybridized carbons (Fsp3) is 0.273. The maximum Gasteiger partial charge on any atom is 0.269 e. The van der Waals surface area contributed by atoms with Crippen molar-refractivity contribution in [1.29, 1.82) is 0 Å². The Bertz CT molecular complexity index is 571. The van der Waals surface area contributed by atoms with E-state index >= 15 is 0 Å². The van der Waals surface area contributed by atoms with Crippen LogP contribution in [0, 0.1) is 11.7 Å². The van der Waals surface area contributed by atoms with Crippen LogP contribution < -0.4 is 5.32 Å². The number of anilines is 1. The van der Waals surface area contributed by atoms with Gasteiger partial charge >= 0.3 is 0 Å². The summed E-state index contributed by atoms with van der Waals surface area (Å²) in [5.74, 6) is -0.356. The van der Waals surface area contributed by atoms with Crippen molar-refractivity contribution in [2.45, 2.75) is 12.3 Å². The lowest BCUT2D eigenvalue weighted by molar-refractivity contribution is -0.117. The number of amides is 1. The highest BCUT2D eigenvalue weighted by molar-refractivity contribution is 5.93. The highest BCUT2D eigenvalue weighted by atomic mass is 19.1. The molecule has 1 aromatic carbocycles. The van der Waals surface area contributed by atoms with Gasteiger partial charge in [-0.15, -0.1) is 5.10 Å². The smallest absolute Gasteiger partial charge is 0.269 e. The summed E-state index contributed by atoms with van der Waals surface area (Å²) in [6, 6.07) is 6.33. The molecule has 1 aliphatic carbocycles. The lowest BCUT2D eigenvalue weighted by atomic mass is 10.1. The molecule has 0 aliphatic heterocycles. The molecule has 7 heteroatoms. The predicted octanol–water partition coefficient (Wildman–Crippen LogP) is 1.08. The fourth-order valence-corrected chi connectivity index (χ4v) is 2.01. The molecule has 1 aromatic heterocycles. The molecule has 1 fully saturated rings. The third kappa shape index (κ3) is 2.06. The average Bonchev–Trinajstić information content (AvgIpc) is 3.01. The van der Waals surface area contributed by atoms with Crippen LogP contribution >= 0.6 is 0 Å². The van der Waals surface area contributed by atoms with E-state index in [-0.39, 0.29) is 29.5 Å². The molecule has 2 N–H and O–H groups in total. The van der Waals surface area contributed by atoms with Gasteiger partial charge in [-0.1, -0.05) is 17.2 Å². The van der Waals surface area contributed by atoms with E-state index in [0.717, 1.165) is 5.56 Å². The number of halogens is 1. The molecule has 2 aromatic rings. The Morgan fingerprint density at radius 1 is 1.50 bits per heavy atom. The largest absolute Gasteiger partial charge is 0.292 e. The van der Waals surface area contributed by atoms with Gasteiger partial charge in [0.05, 0.1) is 0 Å². The van der Waals surface area contributed by atoms with Gasteiger partial charge in [-0.05, 0) is 35.2 Å². The van der Waals surface area contributed by atoms with Crippen molar-refractivity contribution in [3.63, 3.8) is 0 Å². The first kappa shape index (κ1) is 10.8. The molecule has 3 rings (SSSR count). The van der Waals surface area contributed by atoms with Crippen LogP contribution in [0.3, 0.4) is 0 Å². The maximum absolute atomic E-state index is 13.1. The van der Waals surface area contributed by atoms with E-state index in [1.165, 1.54) is 12.1 Å². The second kappa shape index (κ2) is 4.17. The molecule has 0 radical (unpaired) electrons. The van der Waals surface area contributed by atoms with Gasteiger partial charge in [0.15, 0.2) is 0 Å². The summed E-state index contributed by atoms with van der Waals surface area (Å²) >= 11 is 0. The monoisotopic (exact) mass is 247 g/mol. The second-order valence-corrected chi connectivity index (χ2v) is 4.23. The molecule has 18 heavy (non-hydrogen) atoms. The number of aromatic nitrogens is 4. The summed E-state index contributed by atoms with van der Waals surface area (Å²) in [5.41, 5.74) is 0.850. The van der Waals surface area contributed by atoms with Crippen LogP contribution in [0.25, 0.3) is 0 Å². The average molecular weight is 247 g/mol. The Kier molecular flexibility index (Phi) is 2.51. The number of aromatic amines is 1. The lowest BCUT2D eigenvalue weighted by Gasteiger charge is -2.00. The molecule has 0 saturated heterocycles. The quantitative estimate of drug-likeness (QED) is 0.850. The van der Waals surface area contributed by atoms with Crippen LogP contribution in [0.5, 0.6) is 0 Å². The van der Waals surface area contributed by atoms with Crippen LogP contribution in [0.4, 0.5) is 10.3 Å². The van der Waals surface area contributed by atoms with E-state index in [4.69, 9.17) is 0 Å². The summed E-state index contributed by atoms with van der Waals surface area (Å²) in [7, 11) is 0. The van der Waals surface area contributed by atoms with Gasteiger partial charge in [0.1, 0.15) is 5.82 Å². The van der Waals surface area contributed by atoms with Crippen LogP contribution in [0.2, 0.25) is 0 Å². The second-order valence-electron chi connectivity index (χ2n) is 4.23. The maximum atomic E-state index is 13.1. The normalized spacial score (nSPS) is 21.6. The van der Waals surface area contributed by atoms with Crippen molar-refractivity contribution in [1.82, 2.24) is 20.6 Å². The fourth-order valence-electron chi connectivity index (χ4n) is 2.01. The number of hydrogen-bond acceptors (Lipinski definition) is 4. The number of benzene rings is 1. The third-order valence-electron chi connectivity index (χ3n) is 2.98. The van der Waals surface area contributed by atoms with Crippen molar-refractivity contribution in [2.75, 3.05) is 5.32 Å². The van der Waals surface area contributed by atoms with Crippen LogP contribution in [-0.2, 0) is 4.79 Å². The zero-order valence-corrected chi connectivity index (χ0v) is 9.30. The summed E-state index contributed by atoms with van der Waals surface area (Å²) in [5, 5.41) is 15.4. The summed E-state index contributed by atoms with van der Waals surface area (Å²) < 4.78 is 13.1. The van der Waals surface area contributed by atoms with Gasteiger partial charge in [-0.3, -0.25) is 10.1 Å². The van der Waals surface area contributed by atoms with Gasteiger partial charge in [0.25, 0.3) is 5.95 Å². The molecule has 6 nitrogen and oxygen atoms in total. The number of hydrogen-bond donors (Lipinski definition) is 2. The van der Waals surface area contributed by atoms with E-state index in [0.29, 0.717) is 6.42 Å². The van der Waals surface area contributed by atoms with E-state index in [9.17, 15) is 9.18 Å². The molecular weight excluding hydrogens is 237 g/mol. The zero-order chi connectivity index (χ0) is 12.5. The van der Waals surface area contributed by atoms with Crippen molar-refractivity contribution in [2.24, 2.45) is 5.92 Å². The van der Waals surface area contributed by atoms with Crippen LogP contribution in [0.15, 0.2) is 24.3 Å². The first-order chi connectivity index (χ1) is 8.74. The Balaban J connectivity index is 1.65. The number of nitrogens with zero attached hydrogens (tertiary/aromatic N) is 3. The van der Waals surface area contributed by atoms with E-state index in [2.05, 4.69) is 25.9 Å². The predicted molar refractivity (Wildman–Crippen MR) is 60.1 cm³/mol. The van der Waals surface area contributed by atoms with E-state index in [1.807, 2.05) is 6.07 Å². The van der Waals surface area contributed by atoms with Gasteiger partial charge in [0, 0.05) is 5.92 Å². The minimum atomic E-state index is -0.281. The number of H-pyrrole nitrogens is 1. The van der Waals surface area contributed by atoms with E-state index in [1.54, 1.807) is 6.07 Å². The SMILES string of the molecule is O=C(Nc1nn[nH]n1)[C@H]1C[C@@H]1c1cccc(F)c1. The minimum Gasteiger partial charge on any atom is -0.292 e. The first-order valence-electron chi connectivity index (χ1n) is 5.54. The number of carbonyl (C=O) groups excluding carboxylic acids is 1. The Labute approximate surface area is 102 Å². The zero-order valence-electron chi connectivity index (χ0n) is 9.30. The number of tetrazole rings is 1. The molecular formula is C11H10FN5O. The number of nitrogens with one attached hydrogen (secondary N) is 2. The third-order valence-corrected chi connectivity index (χ3v) is 2.98. The van der Waals surface area contributed by atoms with Crippen LogP contribution in [0.1, 0.15) is 17.9 Å². The number of rotatable bonds is 3. The summed E-state index contributed by atoms with van der Waals surface area (Å²) in [4.78, 5) is 11.8. The van der Waals surface area contributed by atoms with Crippen molar-refractivity contribution < 1.29 is 9.18 Å². The van der Waals surface area contributed by atoms with Gasteiger partial charge < -0.3 is 0 Å². The first-order valence-corrected chi connectivity index (χ1v) is 5.54. The van der Waals surface area contributed by atoms with Gasteiger partial charge in [-0.2, -0.15) is 5.21 Å². The van der Waals surface area contributed by atoms with Crippen molar-refractivity contribution >= 4 is 11.9 Å². The highest BCUT2D eigenvalue weighted by Crippen LogP contribution is 2.47. The van der Waals surface area contributed by atoms with Gasteiger partial charge in [0.2, 0.25) is 5.91 Å². The Morgan fingerprint density at radius 3 is 3.11 bits per heavy atom. The molecule has 0 spiro atoms. The molecule has 1 heterocycles. The minimum absolute atomic E-state index is 0.0765. The lowest BCUT2D eigenvalue weighted by Crippen LogP contribution is -2.15. The molecule has 0 bridgehead atoms. The topological polar surface area (TPSA) is 83.6 Å². The standard InChI is InChI=1S/C11H10FN5O/c12-7-3-1-2-6(4-7)8-5-9(8)10(18)13-11-14-16-17-15-11/h1-4,8-9H,5H2,(H2,13,14,15,16,17,18)/t8-,9+/m1/s1. The molecule has 2 atom stereocenters. The molecule has 92 valence electrons. The molecule has 1 saturated carbocycles. The van der Waals surface area contributed by atoms with Crippen LogP contribution in [-0.4, -0.2) is 26.5 Å². The van der Waals surface area contributed by atoms with Gasteiger partial charge in [-0.25, -0.2) is 4.39 Å². The molecule has 0 unspecified atom stereocenters. The molecule has 1 amide bonds.